The number of benzene rings is 1. The van der Waals surface area contributed by atoms with Crippen LogP contribution in [0.15, 0.2) is 23.6 Å². The van der Waals surface area contributed by atoms with Gasteiger partial charge in [0, 0.05) is 22.9 Å². The third kappa shape index (κ3) is 4.04. The van der Waals surface area contributed by atoms with Gasteiger partial charge in [-0.3, -0.25) is 4.79 Å². The van der Waals surface area contributed by atoms with Crippen LogP contribution in [-0.2, 0) is 4.79 Å². The van der Waals surface area contributed by atoms with Crippen molar-refractivity contribution in [3.8, 4) is 10.6 Å². The Kier molecular flexibility index (Phi) is 5.21. The van der Waals surface area contributed by atoms with Crippen LogP contribution >= 0.6 is 34.5 Å². The standard InChI is InChI=1S/C16H17Cl2N3OS/c17-12-5-4-10(7-13(12)18)16-21-14(8-23-16)20-15(22)9-2-1-3-11(19)6-9/h4-5,7-9,11H,1-3,6,19H2,(H,20,22)/t9-,11?/m1/s1. The van der Waals surface area contributed by atoms with Crippen molar-refractivity contribution in [3.05, 3.63) is 33.6 Å². The molecule has 1 heterocycles. The van der Waals surface area contributed by atoms with Crippen LogP contribution in [0.4, 0.5) is 5.82 Å². The molecule has 2 aromatic rings. The van der Waals surface area contributed by atoms with Gasteiger partial charge in [-0.25, -0.2) is 4.98 Å². The van der Waals surface area contributed by atoms with Crippen molar-refractivity contribution in [2.75, 3.05) is 5.32 Å². The van der Waals surface area contributed by atoms with E-state index in [9.17, 15) is 4.79 Å². The van der Waals surface area contributed by atoms with E-state index >= 15 is 0 Å². The zero-order valence-electron chi connectivity index (χ0n) is 12.4. The minimum absolute atomic E-state index is 0.00568. The van der Waals surface area contributed by atoms with Gasteiger partial charge >= 0.3 is 0 Å². The summed E-state index contributed by atoms with van der Waals surface area (Å²) in [6, 6.07) is 5.50. The van der Waals surface area contributed by atoms with E-state index in [4.69, 9.17) is 28.9 Å². The minimum Gasteiger partial charge on any atom is -0.328 e. The average molecular weight is 370 g/mol. The fourth-order valence-corrected chi connectivity index (χ4v) is 3.83. The Morgan fingerprint density at radius 1 is 1.30 bits per heavy atom. The van der Waals surface area contributed by atoms with Crippen LogP contribution in [0.2, 0.25) is 10.0 Å². The molecule has 1 aliphatic rings. The van der Waals surface area contributed by atoms with Crippen LogP contribution < -0.4 is 11.1 Å². The van der Waals surface area contributed by atoms with E-state index in [0.29, 0.717) is 15.9 Å². The highest BCUT2D eigenvalue weighted by Gasteiger charge is 2.25. The average Bonchev–Trinajstić information content (AvgIpc) is 2.98. The Bertz CT molecular complexity index is 719. The first-order valence-electron chi connectivity index (χ1n) is 7.50. The van der Waals surface area contributed by atoms with E-state index in [-0.39, 0.29) is 17.9 Å². The number of carbonyl (C=O) groups is 1. The highest BCUT2D eigenvalue weighted by molar-refractivity contribution is 7.13. The number of halogens is 2. The summed E-state index contributed by atoms with van der Waals surface area (Å²) in [4.78, 5) is 16.8. The Morgan fingerprint density at radius 2 is 2.13 bits per heavy atom. The number of nitrogens with two attached hydrogens (primary N) is 1. The molecular weight excluding hydrogens is 353 g/mol. The first-order valence-corrected chi connectivity index (χ1v) is 9.14. The third-order valence-corrected chi connectivity index (χ3v) is 5.64. The first kappa shape index (κ1) is 16.7. The van der Waals surface area contributed by atoms with Gasteiger partial charge in [-0.2, -0.15) is 0 Å². The monoisotopic (exact) mass is 369 g/mol. The van der Waals surface area contributed by atoms with Gasteiger partial charge in [0.25, 0.3) is 0 Å². The van der Waals surface area contributed by atoms with Crippen molar-refractivity contribution in [3.63, 3.8) is 0 Å². The second-order valence-corrected chi connectivity index (χ2v) is 7.45. The number of hydrogen-bond donors (Lipinski definition) is 2. The van der Waals surface area contributed by atoms with E-state index < -0.39 is 0 Å². The minimum atomic E-state index is -0.0196. The number of thiazole rings is 1. The predicted molar refractivity (Wildman–Crippen MR) is 96.1 cm³/mol. The molecule has 1 fully saturated rings. The van der Waals surface area contributed by atoms with Crippen LogP contribution in [-0.4, -0.2) is 16.9 Å². The highest BCUT2D eigenvalue weighted by Crippen LogP contribution is 2.32. The Balaban J connectivity index is 1.69. The molecule has 1 aromatic heterocycles. The number of nitrogens with zero attached hydrogens (tertiary/aromatic N) is 1. The molecule has 0 aliphatic heterocycles. The second kappa shape index (κ2) is 7.18. The Morgan fingerprint density at radius 3 is 2.87 bits per heavy atom. The molecule has 4 nitrogen and oxygen atoms in total. The lowest BCUT2D eigenvalue weighted by Crippen LogP contribution is -2.34. The van der Waals surface area contributed by atoms with Crippen LogP contribution in [0.1, 0.15) is 25.7 Å². The topological polar surface area (TPSA) is 68.0 Å². The molecule has 0 radical (unpaired) electrons. The van der Waals surface area contributed by atoms with Gasteiger partial charge in [0.05, 0.1) is 10.0 Å². The summed E-state index contributed by atoms with van der Waals surface area (Å²) in [5, 5.41) is 6.51. The summed E-state index contributed by atoms with van der Waals surface area (Å²) in [6.45, 7) is 0. The van der Waals surface area contributed by atoms with Crippen LogP contribution in [0, 0.1) is 5.92 Å². The van der Waals surface area contributed by atoms with E-state index in [1.165, 1.54) is 11.3 Å². The maximum Gasteiger partial charge on any atom is 0.228 e. The summed E-state index contributed by atoms with van der Waals surface area (Å²) in [6.07, 6.45) is 3.64. The molecule has 1 aromatic carbocycles. The molecule has 0 spiro atoms. The first-order chi connectivity index (χ1) is 11.0. The van der Waals surface area contributed by atoms with Gasteiger partial charge in [-0.15, -0.1) is 11.3 Å². The molecule has 122 valence electrons. The van der Waals surface area contributed by atoms with E-state index in [1.54, 1.807) is 12.1 Å². The SMILES string of the molecule is NC1CCC[C@@H](C(=O)Nc2csc(-c3ccc(Cl)c(Cl)c3)n2)C1. The predicted octanol–water partition coefficient (Wildman–Crippen LogP) is 4.57. The van der Waals surface area contributed by atoms with Gasteiger partial charge in [0.15, 0.2) is 0 Å². The summed E-state index contributed by atoms with van der Waals surface area (Å²) < 4.78 is 0. The normalized spacial score (nSPS) is 21.2. The van der Waals surface area contributed by atoms with Crippen molar-refractivity contribution in [1.29, 1.82) is 0 Å². The lowest BCUT2D eigenvalue weighted by Gasteiger charge is -2.25. The van der Waals surface area contributed by atoms with Crippen molar-refractivity contribution in [2.24, 2.45) is 11.7 Å². The van der Waals surface area contributed by atoms with E-state index in [0.717, 1.165) is 36.3 Å². The molecule has 3 rings (SSSR count). The van der Waals surface area contributed by atoms with Crippen molar-refractivity contribution >= 4 is 46.3 Å². The zero-order valence-corrected chi connectivity index (χ0v) is 14.7. The number of nitrogens with one attached hydrogen (secondary N) is 1. The Hall–Kier alpha value is -1.14. The smallest absolute Gasteiger partial charge is 0.228 e. The molecule has 3 N–H and O–H groups in total. The van der Waals surface area contributed by atoms with Gasteiger partial charge in [0.2, 0.25) is 5.91 Å². The van der Waals surface area contributed by atoms with Crippen molar-refractivity contribution < 1.29 is 4.79 Å². The number of anilines is 1. The van der Waals surface area contributed by atoms with Gasteiger partial charge in [-0.1, -0.05) is 35.7 Å². The van der Waals surface area contributed by atoms with Crippen molar-refractivity contribution in [1.82, 2.24) is 4.98 Å². The molecule has 1 amide bonds. The largest absolute Gasteiger partial charge is 0.328 e. The van der Waals surface area contributed by atoms with Crippen LogP contribution in [0.5, 0.6) is 0 Å². The van der Waals surface area contributed by atoms with Crippen LogP contribution in [0.3, 0.4) is 0 Å². The summed E-state index contributed by atoms with van der Waals surface area (Å²) in [7, 11) is 0. The van der Waals surface area contributed by atoms with E-state index in [2.05, 4.69) is 10.3 Å². The number of rotatable bonds is 3. The number of carbonyl (C=O) groups excluding carboxylic acids is 1. The molecule has 2 atom stereocenters. The lowest BCUT2D eigenvalue weighted by molar-refractivity contribution is -0.120. The quantitative estimate of drug-likeness (QED) is 0.832. The van der Waals surface area contributed by atoms with Gasteiger partial charge in [-0.05, 0) is 31.4 Å². The summed E-state index contributed by atoms with van der Waals surface area (Å²) >= 11 is 13.4. The fraction of sp³-hybridized carbons (Fsp3) is 0.375. The number of hydrogen-bond acceptors (Lipinski definition) is 4. The Labute approximate surface area is 149 Å². The molecule has 0 saturated heterocycles. The van der Waals surface area contributed by atoms with Crippen LogP contribution in [0.25, 0.3) is 10.6 Å². The molecule has 0 bridgehead atoms. The van der Waals surface area contributed by atoms with Gasteiger partial charge < -0.3 is 11.1 Å². The third-order valence-electron chi connectivity index (χ3n) is 4.01. The lowest BCUT2D eigenvalue weighted by atomic mass is 9.85. The zero-order chi connectivity index (χ0) is 16.4. The molecule has 1 unspecified atom stereocenters. The maximum absolute atomic E-state index is 12.3. The number of amides is 1. The fourth-order valence-electron chi connectivity index (χ4n) is 2.79. The molecule has 1 aliphatic carbocycles. The maximum atomic E-state index is 12.3. The van der Waals surface area contributed by atoms with Crippen molar-refractivity contribution in [2.45, 2.75) is 31.7 Å². The summed E-state index contributed by atoms with van der Waals surface area (Å²) in [5.74, 6) is 0.556. The molecule has 23 heavy (non-hydrogen) atoms. The van der Waals surface area contributed by atoms with E-state index in [1.807, 2.05) is 11.4 Å². The highest BCUT2D eigenvalue weighted by atomic mass is 35.5. The van der Waals surface area contributed by atoms with Gasteiger partial charge in [0.1, 0.15) is 10.8 Å². The summed E-state index contributed by atoms with van der Waals surface area (Å²) in [5.41, 5.74) is 6.83. The molecule has 1 saturated carbocycles. The molecule has 7 heteroatoms. The number of aromatic nitrogens is 1. The second-order valence-electron chi connectivity index (χ2n) is 5.78. The molecular formula is C16H17Cl2N3OS.